The first-order valence-corrected chi connectivity index (χ1v) is 12.9. The zero-order valence-electron chi connectivity index (χ0n) is 21.4. The standard InChI is InChI=1S/C26H23N7O6S/c1-3-38-12-13-39-21-10-4-16(14-27-21)23-29-24(31-26(34)20-9-11-22(40-20)33(35)36)19-15-28-32(25(19)30-23)17-5-7-18(37-2)8-6-17/h4-11,14-15H,3,12-13H2,1-2H3,(H,29,30,31,34). The molecule has 14 heteroatoms. The number of carbonyl (C=O) groups is 1. The highest BCUT2D eigenvalue weighted by Gasteiger charge is 2.20. The Morgan fingerprint density at radius 3 is 2.58 bits per heavy atom. The number of hydrogen-bond donors (Lipinski definition) is 1. The van der Waals surface area contributed by atoms with Crippen LogP contribution in [0.25, 0.3) is 28.1 Å². The lowest BCUT2D eigenvalue weighted by atomic mass is 10.2. The molecule has 0 radical (unpaired) electrons. The Morgan fingerprint density at radius 1 is 1.07 bits per heavy atom. The Kier molecular flexibility index (Phi) is 7.89. The number of nitrogens with one attached hydrogen (secondary N) is 1. The first-order chi connectivity index (χ1) is 19.5. The number of amides is 1. The second kappa shape index (κ2) is 11.8. The van der Waals surface area contributed by atoms with Crippen LogP contribution in [0.15, 0.2) is 60.9 Å². The number of rotatable bonds is 11. The predicted octanol–water partition coefficient (Wildman–Crippen LogP) is 4.52. The molecule has 4 heterocycles. The largest absolute Gasteiger partial charge is 0.497 e. The van der Waals surface area contributed by atoms with Gasteiger partial charge in [-0.3, -0.25) is 14.9 Å². The molecule has 0 unspecified atom stereocenters. The third kappa shape index (κ3) is 5.72. The Balaban J connectivity index is 1.52. The molecule has 0 aliphatic heterocycles. The van der Waals surface area contributed by atoms with Crippen LogP contribution in [0, 0.1) is 10.1 Å². The van der Waals surface area contributed by atoms with Crippen molar-refractivity contribution in [2.45, 2.75) is 6.92 Å². The van der Waals surface area contributed by atoms with Crippen molar-refractivity contribution in [2.24, 2.45) is 0 Å². The van der Waals surface area contributed by atoms with Gasteiger partial charge in [0.15, 0.2) is 11.5 Å². The molecule has 0 aliphatic carbocycles. The number of fused-ring (bicyclic) bond motifs is 1. The van der Waals surface area contributed by atoms with Crippen molar-refractivity contribution in [1.29, 1.82) is 0 Å². The summed E-state index contributed by atoms with van der Waals surface area (Å²) >= 11 is 0.771. The highest BCUT2D eigenvalue weighted by molar-refractivity contribution is 7.17. The summed E-state index contributed by atoms with van der Waals surface area (Å²) in [6.45, 7) is 3.32. The third-order valence-corrected chi connectivity index (χ3v) is 6.68. The molecular weight excluding hydrogens is 538 g/mol. The number of nitro groups is 1. The number of hydrogen-bond acceptors (Lipinski definition) is 11. The molecule has 1 aromatic carbocycles. The van der Waals surface area contributed by atoms with E-state index in [1.54, 1.807) is 48.5 Å². The number of carbonyl (C=O) groups excluding carboxylic acids is 1. The van der Waals surface area contributed by atoms with Gasteiger partial charge >= 0.3 is 5.00 Å². The summed E-state index contributed by atoms with van der Waals surface area (Å²) in [4.78, 5) is 37.4. The maximum absolute atomic E-state index is 13.0. The Morgan fingerprint density at radius 2 is 1.90 bits per heavy atom. The van der Waals surface area contributed by atoms with E-state index in [-0.39, 0.29) is 21.5 Å². The first kappa shape index (κ1) is 26.6. The second-order valence-electron chi connectivity index (χ2n) is 8.17. The first-order valence-electron chi connectivity index (χ1n) is 12.1. The van der Waals surface area contributed by atoms with Crippen LogP contribution in [0.3, 0.4) is 0 Å². The van der Waals surface area contributed by atoms with Crippen molar-refractivity contribution in [3.63, 3.8) is 0 Å². The van der Waals surface area contributed by atoms with E-state index in [2.05, 4.69) is 20.4 Å². The fourth-order valence-corrected chi connectivity index (χ4v) is 4.42. The van der Waals surface area contributed by atoms with Crippen LogP contribution in [0.2, 0.25) is 0 Å². The number of benzene rings is 1. The Labute approximate surface area is 231 Å². The van der Waals surface area contributed by atoms with Gasteiger partial charge in [0.1, 0.15) is 18.2 Å². The van der Waals surface area contributed by atoms with Crippen molar-refractivity contribution >= 4 is 39.1 Å². The minimum atomic E-state index is -0.544. The van der Waals surface area contributed by atoms with E-state index in [4.69, 9.17) is 19.2 Å². The molecule has 40 heavy (non-hydrogen) atoms. The monoisotopic (exact) mass is 561 g/mol. The van der Waals surface area contributed by atoms with Crippen molar-refractivity contribution in [3.05, 3.63) is 75.9 Å². The van der Waals surface area contributed by atoms with Crippen LogP contribution in [-0.2, 0) is 4.74 Å². The van der Waals surface area contributed by atoms with E-state index in [1.165, 1.54) is 12.1 Å². The maximum atomic E-state index is 13.0. The average Bonchev–Trinajstić information content (AvgIpc) is 3.64. The number of nitrogens with zero attached hydrogens (tertiary/aromatic N) is 6. The van der Waals surface area contributed by atoms with E-state index in [1.807, 2.05) is 19.1 Å². The quantitative estimate of drug-likeness (QED) is 0.138. The fourth-order valence-electron chi connectivity index (χ4n) is 3.71. The molecule has 5 aromatic rings. The molecule has 13 nitrogen and oxygen atoms in total. The summed E-state index contributed by atoms with van der Waals surface area (Å²) in [7, 11) is 1.58. The molecule has 1 N–H and O–H groups in total. The van der Waals surface area contributed by atoms with Gasteiger partial charge in [0.2, 0.25) is 5.88 Å². The number of thiophene rings is 1. The van der Waals surface area contributed by atoms with Crippen LogP contribution in [0.5, 0.6) is 11.6 Å². The molecule has 0 saturated carbocycles. The van der Waals surface area contributed by atoms with E-state index in [9.17, 15) is 14.9 Å². The molecule has 0 fully saturated rings. The minimum absolute atomic E-state index is 0.138. The maximum Gasteiger partial charge on any atom is 0.324 e. The SMILES string of the molecule is CCOCCOc1ccc(-c2nc(NC(=O)c3ccc([N+](=O)[O-])s3)c3cnn(-c4ccc(OC)cc4)c3n2)cn1. The fraction of sp³-hybridized carbons (Fsp3) is 0.192. The van der Waals surface area contributed by atoms with Crippen molar-refractivity contribution < 1.29 is 23.9 Å². The van der Waals surface area contributed by atoms with Crippen molar-refractivity contribution in [3.8, 4) is 28.7 Å². The van der Waals surface area contributed by atoms with Gasteiger partial charge in [-0.2, -0.15) is 5.10 Å². The Hall–Kier alpha value is -4.95. The van der Waals surface area contributed by atoms with Crippen LogP contribution >= 0.6 is 11.3 Å². The summed E-state index contributed by atoms with van der Waals surface area (Å²) < 4.78 is 17.7. The zero-order valence-corrected chi connectivity index (χ0v) is 22.3. The zero-order chi connectivity index (χ0) is 28.1. The number of anilines is 1. The molecular formula is C26H23N7O6S. The molecule has 0 bridgehead atoms. The summed E-state index contributed by atoms with van der Waals surface area (Å²) in [6, 6.07) is 13.4. The van der Waals surface area contributed by atoms with Gasteiger partial charge < -0.3 is 19.5 Å². The molecule has 1 amide bonds. The van der Waals surface area contributed by atoms with E-state index >= 15 is 0 Å². The summed E-state index contributed by atoms with van der Waals surface area (Å²) in [6.07, 6.45) is 3.11. The molecule has 0 atom stereocenters. The molecule has 4 aromatic heterocycles. The molecule has 0 saturated heterocycles. The average molecular weight is 562 g/mol. The normalized spacial score (nSPS) is 10.9. The van der Waals surface area contributed by atoms with Crippen LogP contribution in [-0.4, -0.2) is 62.5 Å². The summed E-state index contributed by atoms with van der Waals surface area (Å²) in [5.74, 6) is 1.03. The summed E-state index contributed by atoms with van der Waals surface area (Å²) in [5.41, 5.74) is 1.71. The summed E-state index contributed by atoms with van der Waals surface area (Å²) in [5, 5.41) is 18.7. The molecule has 5 rings (SSSR count). The van der Waals surface area contributed by atoms with Gasteiger partial charge in [-0.15, -0.1) is 0 Å². The number of ether oxygens (including phenoxy) is 3. The lowest BCUT2D eigenvalue weighted by Gasteiger charge is -2.10. The van der Waals surface area contributed by atoms with Crippen molar-refractivity contribution in [2.75, 3.05) is 32.2 Å². The highest BCUT2D eigenvalue weighted by atomic mass is 32.1. The molecule has 0 aliphatic rings. The molecule has 0 spiro atoms. The third-order valence-electron chi connectivity index (χ3n) is 5.65. The van der Waals surface area contributed by atoms with Crippen LogP contribution in [0.1, 0.15) is 16.6 Å². The van der Waals surface area contributed by atoms with Gasteiger partial charge in [0.25, 0.3) is 5.91 Å². The number of aromatic nitrogens is 5. The van der Waals surface area contributed by atoms with Crippen molar-refractivity contribution in [1.82, 2.24) is 24.7 Å². The number of pyridine rings is 1. The van der Waals surface area contributed by atoms with Gasteiger partial charge in [-0.1, -0.05) is 11.3 Å². The van der Waals surface area contributed by atoms with Gasteiger partial charge in [0, 0.05) is 30.5 Å². The second-order valence-corrected chi connectivity index (χ2v) is 9.23. The highest BCUT2D eigenvalue weighted by Crippen LogP contribution is 2.29. The van der Waals surface area contributed by atoms with Gasteiger partial charge in [-0.05, 0) is 43.3 Å². The molecule has 204 valence electrons. The van der Waals surface area contributed by atoms with Gasteiger partial charge in [0.05, 0.1) is 40.8 Å². The van der Waals surface area contributed by atoms with E-state index in [0.29, 0.717) is 53.7 Å². The Bertz CT molecular complexity index is 1650. The lowest BCUT2D eigenvalue weighted by Crippen LogP contribution is -2.13. The van der Waals surface area contributed by atoms with Gasteiger partial charge in [-0.25, -0.2) is 19.6 Å². The van der Waals surface area contributed by atoms with E-state index in [0.717, 1.165) is 11.3 Å². The topological polar surface area (TPSA) is 156 Å². The predicted molar refractivity (Wildman–Crippen MR) is 147 cm³/mol. The van der Waals surface area contributed by atoms with Crippen LogP contribution in [0.4, 0.5) is 10.8 Å². The number of methoxy groups -OCH3 is 1. The van der Waals surface area contributed by atoms with Crippen LogP contribution < -0.4 is 14.8 Å². The smallest absolute Gasteiger partial charge is 0.324 e. The van der Waals surface area contributed by atoms with E-state index < -0.39 is 10.8 Å². The minimum Gasteiger partial charge on any atom is -0.497 e. The lowest BCUT2D eigenvalue weighted by molar-refractivity contribution is -0.380.